The lowest BCUT2D eigenvalue weighted by molar-refractivity contribution is -0.138. The van der Waals surface area contributed by atoms with E-state index in [-0.39, 0.29) is 24.3 Å². The molecule has 0 aliphatic carbocycles. The number of benzene rings is 1. The van der Waals surface area contributed by atoms with Gasteiger partial charge >= 0.3 is 12.0 Å². The fourth-order valence-corrected chi connectivity index (χ4v) is 4.34. The normalized spacial score (nSPS) is 21.2. The second-order valence-electron chi connectivity index (χ2n) is 7.89. The van der Waals surface area contributed by atoms with Crippen molar-refractivity contribution in [3.8, 4) is 5.75 Å². The number of likely N-dealkylation sites (tertiary alicyclic amines) is 1. The van der Waals surface area contributed by atoms with Crippen molar-refractivity contribution in [2.24, 2.45) is 16.8 Å². The van der Waals surface area contributed by atoms with Crippen LogP contribution in [0.5, 0.6) is 5.75 Å². The summed E-state index contributed by atoms with van der Waals surface area (Å²) in [6, 6.07) is 6.00. The summed E-state index contributed by atoms with van der Waals surface area (Å²) < 4.78 is 5.34. The zero-order chi connectivity index (χ0) is 20.8. The molecule has 1 aromatic carbocycles. The van der Waals surface area contributed by atoms with Crippen LogP contribution in [0.1, 0.15) is 43.7 Å². The number of rotatable bonds is 7. The second-order valence-corrected chi connectivity index (χ2v) is 7.89. The molecule has 0 saturated carbocycles. The van der Waals surface area contributed by atoms with Gasteiger partial charge in [0.05, 0.1) is 7.11 Å². The Bertz CT molecular complexity index is 777. The Morgan fingerprint density at radius 3 is 2.90 bits per heavy atom. The third-order valence-electron chi connectivity index (χ3n) is 5.90. The van der Waals surface area contributed by atoms with E-state index in [2.05, 4.69) is 11.4 Å². The number of amides is 2. The van der Waals surface area contributed by atoms with Crippen molar-refractivity contribution in [2.75, 3.05) is 33.3 Å². The standard InChI is InChI=1S/C22H31N3O4/c1-3-8-24-22(28)25-10-7-15(13-21(26)27)17(14-25)12-20-19-5-4-18(29-2)11-16(19)6-9-23-20/h4-5,11,15,17H,3,6-10,12-14H2,1-2H3,(H,24,28)(H,26,27). The number of methoxy groups -OCH3 is 1. The average molecular weight is 402 g/mol. The first kappa shape index (κ1) is 21.1. The van der Waals surface area contributed by atoms with Crippen LogP contribution in [0, 0.1) is 11.8 Å². The monoisotopic (exact) mass is 401 g/mol. The van der Waals surface area contributed by atoms with Crippen LogP contribution in [0.15, 0.2) is 23.2 Å². The Hall–Kier alpha value is -2.57. The molecular weight excluding hydrogens is 370 g/mol. The molecule has 2 aliphatic rings. The van der Waals surface area contributed by atoms with E-state index >= 15 is 0 Å². The maximum Gasteiger partial charge on any atom is 0.317 e. The first-order valence-corrected chi connectivity index (χ1v) is 10.5. The number of carbonyl (C=O) groups is 2. The summed E-state index contributed by atoms with van der Waals surface area (Å²) in [6.07, 6.45) is 3.30. The quantitative estimate of drug-likeness (QED) is 0.735. The number of aliphatic imine (C=N–C) groups is 1. The van der Waals surface area contributed by atoms with Gasteiger partial charge < -0.3 is 20.1 Å². The van der Waals surface area contributed by atoms with Gasteiger partial charge in [0.25, 0.3) is 0 Å². The summed E-state index contributed by atoms with van der Waals surface area (Å²) >= 11 is 0. The molecule has 158 valence electrons. The summed E-state index contributed by atoms with van der Waals surface area (Å²) in [4.78, 5) is 30.4. The van der Waals surface area contributed by atoms with Crippen LogP contribution in [-0.2, 0) is 11.2 Å². The number of hydrogen-bond donors (Lipinski definition) is 2. The van der Waals surface area contributed by atoms with Gasteiger partial charge in [-0.3, -0.25) is 9.79 Å². The highest BCUT2D eigenvalue weighted by molar-refractivity contribution is 6.03. The number of carbonyl (C=O) groups excluding carboxylic acids is 1. The van der Waals surface area contributed by atoms with Crippen molar-refractivity contribution >= 4 is 17.7 Å². The Balaban J connectivity index is 1.76. The third-order valence-corrected chi connectivity index (χ3v) is 5.90. The van der Waals surface area contributed by atoms with E-state index in [4.69, 9.17) is 9.73 Å². The van der Waals surface area contributed by atoms with Gasteiger partial charge in [0, 0.05) is 38.3 Å². The Kier molecular flexibility index (Phi) is 7.12. The van der Waals surface area contributed by atoms with E-state index in [1.165, 1.54) is 5.56 Å². The average Bonchev–Trinajstić information content (AvgIpc) is 2.72. The molecule has 7 heteroatoms. The molecule has 29 heavy (non-hydrogen) atoms. The fraction of sp³-hybridized carbons (Fsp3) is 0.591. The fourth-order valence-electron chi connectivity index (χ4n) is 4.34. The number of carboxylic acids is 1. The van der Waals surface area contributed by atoms with E-state index in [1.807, 2.05) is 24.0 Å². The molecule has 1 saturated heterocycles. The topological polar surface area (TPSA) is 91.2 Å². The molecular formula is C22H31N3O4. The summed E-state index contributed by atoms with van der Waals surface area (Å²) in [7, 11) is 1.66. The van der Waals surface area contributed by atoms with Crippen LogP contribution in [0.2, 0.25) is 0 Å². The highest BCUT2D eigenvalue weighted by atomic mass is 16.5. The first-order chi connectivity index (χ1) is 14.0. The number of ether oxygens (including phenoxy) is 1. The summed E-state index contributed by atoms with van der Waals surface area (Å²) in [5.41, 5.74) is 3.36. The Morgan fingerprint density at radius 1 is 1.34 bits per heavy atom. The van der Waals surface area contributed by atoms with Gasteiger partial charge in [-0.15, -0.1) is 0 Å². The minimum atomic E-state index is -0.778. The van der Waals surface area contributed by atoms with Gasteiger partial charge in [-0.25, -0.2) is 4.79 Å². The third kappa shape index (κ3) is 5.28. The van der Waals surface area contributed by atoms with E-state index in [9.17, 15) is 14.7 Å². The number of fused-ring (bicyclic) bond motifs is 1. The molecule has 0 spiro atoms. The van der Waals surface area contributed by atoms with Crippen LogP contribution >= 0.6 is 0 Å². The molecule has 0 bridgehead atoms. The molecule has 2 aliphatic heterocycles. The Labute approximate surface area is 172 Å². The largest absolute Gasteiger partial charge is 0.497 e. The van der Waals surface area contributed by atoms with Gasteiger partial charge in [0.2, 0.25) is 0 Å². The van der Waals surface area contributed by atoms with Crippen molar-refractivity contribution in [1.29, 1.82) is 0 Å². The van der Waals surface area contributed by atoms with E-state index in [0.29, 0.717) is 32.5 Å². The molecule has 2 heterocycles. The SMILES string of the molecule is CCCNC(=O)N1CCC(CC(=O)O)C(CC2=NCCc3cc(OC)ccc32)C1. The van der Waals surface area contributed by atoms with Crippen molar-refractivity contribution in [3.63, 3.8) is 0 Å². The predicted octanol–water partition coefficient (Wildman–Crippen LogP) is 2.96. The first-order valence-electron chi connectivity index (χ1n) is 10.5. The predicted molar refractivity (Wildman–Crippen MR) is 112 cm³/mol. The molecule has 2 atom stereocenters. The lowest BCUT2D eigenvalue weighted by Gasteiger charge is -2.38. The maximum atomic E-state index is 12.4. The van der Waals surface area contributed by atoms with Gasteiger partial charge in [-0.1, -0.05) is 6.92 Å². The number of carboxylic acid groups (broad SMARTS) is 1. The van der Waals surface area contributed by atoms with Crippen molar-refractivity contribution < 1.29 is 19.4 Å². The molecule has 1 fully saturated rings. The van der Waals surface area contributed by atoms with Crippen LogP contribution < -0.4 is 10.1 Å². The summed E-state index contributed by atoms with van der Waals surface area (Å²) in [5, 5.41) is 12.3. The Morgan fingerprint density at radius 2 is 2.17 bits per heavy atom. The number of piperidine rings is 1. The van der Waals surface area contributed by atoms with Crippen LogP contribution in [0.4, 0.5) is 4.79 Å². The van der Waals surface area contributed by atoms with Crippen molar-refractivity contribution in [1.82, 2.24) is 10.2 Å². The molecule has 0 aromatic heterocycles. The summed E-state index contributed by atoms with van der Waals surface area (Å²) in [6.45, 7) is 4.57. The number of urea groups is 1. The van der Waals surface area contributed by atoms with Crippen LogP contribution in [0.25, 0.3) is 0 Å². The summed E-state index contributed by atoms with van der Waals surface area (Å²) in [5.74, 6) is 0.192. The zero-order valence-corrected chi connectivity index (χ0v) is 17.3. The van der Waals surface area contributed by atoms with Gasteiger partial charge in [0.1, 0.15) is 5.75 Å². The van der Waals surface area contributed by atoms with Gasteiger partial charge in [0.15, 0.2) is 0 Å². The second kappa shape index (κ2) is 9.76. The van der Waals surface area contributed by atoms with E-state index < -0.39 is 5.97 Å². The van der Waals surface area contributed by atoms with Gasteiger partial charge in [-0.05, 0) is 66.8 Å². The van der Waals surface area contributed by atoms with Crippen molar-refractivity contribution in [3.05, 3.63) is 29.3 Å². The zero-order valence-electron chi connectivity index (χ0n) is 17.3. The lowest BCUT2D eigenvalue weighted by Crippen LogP contribution is -2.49. The minimum absolute atomic E-state index is 0.0500. The number of nitrogens with one attached hydrogen (secondary N) is 1. The molecule has 2 N–H and O–H groups in total. The van der Waals surface area contributed by atoms with E-state index in [0.717, 1.165) is 36.4 Å². The highest BCUT2D eigenvalue weighted by Crippen LogP contribution is 2.32. The van der Waals surface area contributed by atoms with Gasteiger partial charge in [-0.2, -0.15) is 0 Å². The lowest BCUT2D eigenvalue weighted by atomic mass is 9.78. The minimum Gasteiger partial charge on any atom is -0.497 e. The van der Waals surface area contributed by atoms with Crippen LogP contribution in [-0.4, -0.2) is 61.0 Å². The number of aliphatic carboxylic acids is 1. The van der Waals surface area contributed by atoms with Crippen molar-refractivity contribution in [2.45, 2.75) is 39.0 Å². The smallest absolute Gasteiger partial charge is 0.317 e. The van der Waals surface area contributed by atoms with Crippen LogP contribution in [0.3, 0.4) is 0 Å². The number of hydrogen-bond acceptors (Lipinski definition) is 4. The molecule has 2 unspecified atom stereocenters. The maximum absolute atomic E-state index is 12.4. The molecule has 2 amide bonds. The highest BCUT2D eigenvalue weighted by Gasteiger charge is 2.34. The number of nitrogens with zero attached hydrogens (tertiary/aromatic N) is 2. The molecule has 3 rings (SSSR count). The van der Waals surface area contributed by atoms with E-state index in [1.54, 1.807) is 7.11 Å². The molecule has 7 nitrogen and oxygen atoms in total. The molecule has 0 radical (unpaired) electrons. The molecule has 1 aromatic rings.